The molecule has 0 aromatic heterocycles. The van der Waals surface area contributed by atoms with E-state index in [1.807, 2.05) is 0 Å². The average molecular weight is 433 g/mol. The highest BCUT2D eigenvalue weighted by atomic mass is 16.6. The molecule has 0 unspecified atom stereocenters. The Hall–Kier alpha value is -0.200. The Morgan fingerprint density at radius 2 is 0.533 bits per heavy atom. The third-order valence-corrected chi connectivity index (χ3v) is 5.02. The highest BCUT2D eigenvalue weighted by molar-refractivity contribution is 4.48. The van der Waals surface area contributed by atoms with Crippen molar-refractivity contribution in [1.82, 2.24) is 0 Å². The van der Waals surface area contributed by atoms with Gasteiger partial charge in [0, 0.05) is 13.2 Å². The average Bonchev–Trinajstić information content (AvgIpc) is 2.76. The molecule has 0 aliphatic heterocycles. The van der Waals surface area contributed by atoms with E-state index in [0.29, 0.717) is 52.9 Å². The van der Waals surface area contributed by atoms with Gasteiger partial charge in [0.05, 0.1) is 52.9 Å². The minimum atomic E-state index is 0.605. The summed E-state index contributed by atoms with van der Waals surface area (Å²) in [4.78, 5) is 0. The molecule has 5 heteroatoms. The summed E-state index contributed by atoms with van der Waals surface area (Å²) in [6.45, 7) is 11.2. The number of hydrogen-bond acceptors (Lipinski definition) is 5. The van der Waals surface area contributed by atoms with Gasteiger partial charge in [-0.2, -0.15) is 0 Å². The van der Waals surface area contributed by atoms with Gasteiger partial charge >= 0.3 is 0 Å². The molecule has 0 amide bonds. The molecule has 0 saturated heterocycles. The normalized spacial score (nSPS) is 11.4. The van der Waals surface area contributed by atoms with Crippen molar-refractivity contribution in [3.05, 3.63) is 0 Å². The van der Waals surface area contributed by atoms with Crippen molar-refractivity contribution in [2.24, 2.45) is 0 Å². The van der Waals surface area contributed by atoms with Crippen LogP contribution in [0.1, 0.15) is 97.3 Å². The lowest BCUT2D eigenvalue weighted by molar-refractivity contribution is -0.0113. The largest absolute Gasteiger partial charge is 0.379 e. The Balaban J connectivity index is 2.97. The Morgan fingerprint density at radius 3 is 0.900 bits per heavy atom. The first-order valence-electron chi connectivity index (χ1n) is 12.8. The molecule has 0 aliphatic carbocycles. The second-order valence-electron chi connectivity index (χ2n) is 7.95. The summed E-state index contributed by atoms with van der Waals surface area (Å²) in [5, 5.41) is 0. The zero-order valence-electron chi connectivity index (χ0n) is 20.3. The van der Waals surface area contributed by atoms with Crippen LogP contribution in [-0.2, 0) is 23.7 Å². The molecule has 0 aliphatic rings. The summed E-state index contributed by atoms with van der Waals surface area (Å²) in [7, 11) is 0. The fourth-order valence-electron chi connectivity index (χ4n) is 3.10. The zero-order chi connectivity index (χ0) is 21.8. The zero-order valence-corrected chi connectivity index (χ0v) is 20.3. The van der Waals surface area contributed by atoms with Gasteiger partial charge in [-0.05, 0) is 12.8 Å². The molecule has 0 spiro atoms. The number of hydrogen-bond donors (Lipinski definition) is 0. The third kappa shape index (κ3) is 27.8. The first kappa shape index (κ1) is 29.8. The van der Waals surface area contributed by atoms with E-state index >= 15 is 0 Å². The molecule has 0 radical (unpaired) electrons. The van der Waals surface area contributed by atoms with Crippen molar-refractivity contribution in [1.29, 1.82) is 0 Å². The predicted octanol–water partition coefficient (Wildman–Crippen LogP) is 6.18. The molecular formula is C25H52O5. The fourth-order valence-corrected chi connectivity index (χ4v) is 3.10. The second-order valence-corrected chi connectivity index (χ2v) is 7.95. The van der Waals surface area contributed by atoms with Crippen LogP contribution in [0.4, 0.5) is 0 Å². The summed E-state index contributed by atoms with van der Waals surface area (Å²) < 4.78 is 27.5. The Bertz CT molecular complexity index is 261. The first-order valence-corrected chi connectivity index (χ1v) is 12.8. The standard InChI is InChI=1S/C25H52O5/c1-3-5-7-8-9-10-11-12-13-14-15-17-27-19-21-29-23-25-30-24-22-28-20-18-26-16-6-4-2/h3-25H2,1-2H3. The van der Waals surface area contributed by atoms with Crippen molar-refractivity contribution in [3.8, 4) is 0 Å². The van der Waals surface area contributed by atoms with Gasteiger partial charge in [0.25, 0.3) is 0 Å². The van der Waals surface area contributed by atoms with E-state index in [-0.39, 0.29) is 0 Å². The van der Waals surface area contributed by atoms with Crippen LogP contribution in [0.25, 0.3) is 0 Å². The lowest BCUT2D eigenvalue weighted by Gasteiger charge is -2.08. The molecule has 182 valence electrons. The predicted molar refractivity (Wildman–Crippen MR) is 125 cm³/mol. The topological polar surface area (TPSA) is 46.2 Å². The monoisotopic (exact) mass is 432 g/mol. The highest BCUT2D eigenvalue weighted by Crippen LogP contribution is 2.11. The maximum Gasteiger partial charge on any atom is 0.0701 e. The summed E-state index contributed by atoms with van der Waals surface area (Å²) in [5.41, 5.74) is 0. The smallest absolute Gasteiger partial charge is 0.0701 e. The van der Waals surface area contributed by atoms with Crippen LogP contribution in [0.5, 0.6) is 0 Å². The summed E-state index contributed by atoms with van der Waals surface area (Å²) in [6.07, 6.45) is 17.3. The molecule has 0 heterocycles. The van der Waals surface area contributed by atoms with Gasteiger partial charge in [-0.25, -0.2) is 0 Å². The van der Waals surface area contributed by atoms with Crippen LogP contribution < -0.4 is 0 Å². The van der Waals surface area contributed by atoms with Gasteiger partial charge in [-0.3, -0.25) is 0 Å². The fraction of sp³-hybridized carbons (Fsp3) is 1.00. The van der Waals surface area contributed by atoms with Crippen LogP contribution in [0.2, 0.25) is 0 Å². The molecule has 5 nitrogen and oxygen atoms in total. The van der Waals surface area contributed by atoms with Gasteiger partial charge in [-0.1, -0.05) is 84.5 Å². The maximum absolute atomic E-state index is 5.63. The molecule has 0 rings (SSSR count). The van der Waals surface area contributed by atoms with Crippen LogP contribution >= 0.6 is 0 Å². The van der Waals surface area contributed by atoms with Gasteiger partial charge in [0.1, 0.15) is 0 Å². The van der Waals surface area contributed by atoms with E-state index in [0.717, 1.165) is 19.6 Å². The molecule has 0 atom stereocenters. The molecule has 0 saturated carbocycles. The second kappa shape index (κ2) is 28.8. The SMILES string of the molecule is CCCCCCCCCCCCCOCCOCCOCCOCCOCCCC. The molecule has 30 heavy (non-hydrogen) atoms. The number of rotatable bonds is 27. The summed E-state index contributed by atoms with van der Waals surface area (Å²) in [6, 6.07) is 0. The minimum Gasteiger partial charge on any atom is -0.379 e. The minimum absolute atomic E-state index is 0.605. The maximum atomic E-state index is 5.63. The molecule has 0 aromatic rings. The Labute approximate surface area is 187 Å². The summed E-state index contributed by atoms with van der Waals surface area (Å²) >= 11 is 0. The summed E-state index contributed by atoms with van der Waals surface area (Å²) in [5.74, 6) is 0. The van der Waals surface area contributed by atoms with Gasteiger partial charge in [0.15, 0.2) is 0 Å². The number of ether oxygens (including phenoxy) is 5. The molecule has 0 bridgehead atoms. The molecule has 0 N–H and O–H groups in total. The van der Waals surface area contributed by atoms with Crippen molar-refractivity contribution in [3.63, 3.8) is 0 Å². The Kier molecular flexibility index (Phi) is 28.6. The van der Waals surface area contributed by atoms with Crippen LogP contribution in [0.15, 0.2) is 0 Å². The van der Waals surface area contributed by atoms with Gasteiger partial charge in [0.2, 0.25) is 0 Å². The molecule has 0 aromatic carbocycles. The van der Waals surface area contributed by atoms with E-state index in [2.05, 4.69) is 13.8 Å². The highest BCUT2D eigenvalue weighted by Gasteiger charge is 1.95. The van der Waals surface area contributed by atoms with E-state index in [1.165, 1.54) is 77.0 Å². The van der Waals surface area contributed by atoms with Crippen molar-refractivity contribution >= 4 is 0 Å². The van der Waals surface area contributed by atoms with E-state index in [4.69, 9.17) is 23.7 Å². The van der Waals surface area contributed by atoms with Crippen molar-refractivity contribution in [2.45, 2.75) is 97.3 Å². The van der Waals surface area contributed by atoms with Gasteiger partial charge < -0.3 is 23.7 Å². The third-order valence-electron chi connectivity index (χ3n) is 5.02. The molecule has 0 fully saturated rings. The van der Waals surface area contributed by atoms with Crippen LogP contribution in [0, 0.1) is 0 Å². The number of unbranched alkanes of at least 4 members (excludes halogenated alkanes) is 11. The lowest BCUT2D eigenvalue weighted by Crippen LogP contribution is -2.13. The molecular weight excluding hydrogens is 380 g/mol. The lowest BCUT2D eigenvalue weighted by atomic mass is 10.1. The van der Waals surface area contributed by atoms with Crippen LogP contribution in [0.3, 0.4) is 0 Å². The van der Waals surface area contributed by atoms with Crippen molar-refractivity contribution in [2.75, 3.05) is 66.1 Å². The van der Waals surface area contributed by atoms with Crippen LogP contribution in [-0.4, -0.2) is 66.1 Å². The Morgan fingerprint density at radius 1 is 0.267 bits per heavy atom. The van der Waals surface area contributed by atoms with E-state index < -0.39 is 0 Å². The van der Waals surface area contributed by atoms with E-state index in [1.54, 1.807) is 0 Å². The quantitative estimate of drug-likeness (QED) is 0.145. The van der Waals surface area contributed by atoms with Crippen molar-refractivity contribution < 1.29 is 23.7 Å². The van der Waals surface area contributed by atoms with Gasteiger partial charge in [-0.15, -0.1) is 0 Å². The first-order chi connectivity index (χ1) is 14.9. The van der Waals surface area contributed by atoms with E-state index in [9.17, 15) is 0 Å².